The maximum Gasteiger partial charge on any atom is 0.0991 e. The summed E-state index contributed by atoms with van der Waals surface area (Å²) in [5.74, 6) is 0.377. The third kappa shape index (κ3) is 3.89. The topological polar surface area (TPSA) is 75.8 Å². The van der Waals surface area contributed by atoms with E-state index in [0.717, 1.165) is 17.6 Å². The number of benzene rings is 1. The first-order valence-corrected chi connectivity index (χ1v) is 6.39. The Kier molecular flexibility index (Phi) is 5.20. The molecule has 0 spiro atoms. The van der Waals surface area contributed by atoms with E-state index in [2.05, 4.69) is 26.8 Å². The summed E-state index contributed by atoms with van der Waals surface area (Å²) in [5.41, 5.74) is 16.9. The van der Waals surface area contributed by atoms with Crippen LogP contribution in [0.1, 0.15) is 38.3 Å². The molecule has 1 aromatic carbocycles. The van der Waals surface area contributed by atoms with Gasteiger partial charge in [0, 0.05) is 6.42 Å². The van der Waals surface area contributed by atoms with Crippen molar-refractivity contribution in [3.05, 3.63) is 57.9 Å². The second-order valence-electron chi connectivity index (χ2n) is 4.75. The van der Waals surface area contributed by atoms with Crippen LogP contribution in [0.3, 0.4) is 0 Å². The van der Waals surface area contributed by atoms with Gasteiger partial charge in [-0.1, -0.05) is 24.6 Å². The predicted molar refractivity (Wildman–Crippen MR) is 78.9 cm³/mol. The standard InChI is InChI=1S/C16H21N3/c1-4-14(11(2)3)15(16(18)19)9-12-5-7-13(10-17)8-6-12/h5-8H,4,9,18-19H2,1-3H3. The van der Waals surface area contributed by atoms with Crippen LogP contribution in [-0.4, -0.2) is 0 Å². The van der Waals surface area contributed by atoms with Crippen molar-refractivity contribution in [2.24, 2.45) is 11.5 Å². The van der Waals surface area contributed by atoms with Crippen LogP contribution in [0, 0.1) is 11.3 Å². The molecule has 19 heavy (non-hydrogen) atoms. The molecule has 100 valence electrons. The van der Waals surface area contributed by atoms with E-state index in [1.54, 1.807) is 0 Å². The van der Waals surface area contributed by atoms with Crippen molar-refractivity contribution < 1.29 is 0 Å². The molecule has 0 bridgehead atoms. The van der Waals surface area contributed by atoms with Gasteiger partial charge < -0.3 is 11.5 Å². The minimum atomic E-state index is 0.377. The van der Waals surface area contributed by atoms with Gasteiger partial charge in [0.1, 0.15) is 0 Å². The van der Waals surface area contributed by atoms with Crippen LogP contribution in [0.5, 0.6) is 0 Å². The van der Waals surface area contributed by atoms with E-state index in [1.165, 1.54) is 11.1 Å². The number of rotatable bonds is 4. The summed E-state index contributed by atoms with van der Waals surface area (Å²) in [6, 6.07) is 9.63. The lowest BCUT2D eigenvalue weighted by Gasteiger charge is -2.14. The largest absolute Gasteiger partial charge is 0.385 e. The molecule has 1 rings (SSSR count). The van der Waals surface area contributed by atoms with Gasteiger partial charge in [0.15, 0.2) is 0 Å². The number of allylic oxidation sites excluding steroid dienone is 3. The molecule has 0 aliphatic carbocycles. The van der Waals surface area contributed by atoms with E-state index >= 15 is 0 Å². The monoisotopic (exact) mass is 255 g/mol. The molecule has 0 saturated heterocycles. The van der Waals surface area contributed by atoms with Crippen LogP contribution in [0.25, 0.3) is 0 Å². The van der Waals surface area contributed by atoms with Gasteiger partial charge in [-0.25, -0.2) is 0 Å². The van der Waals surface area contributed by atoms with Crippen LogP contribution in [-0.2, 0) is 6.42 Å². The Hall–Kier alpha value is -2.21. The minimum absolute atomic E-state index is 0.377. The third-order valence-corrected chi connectivity index (χ3v) is 3.13. The SMILES string of the molecule is CCC(=C(C)C)C(Cc1ccc(C#N)cc1)=C(N)N. The Labute approximate surface area is 115 Å². The zero-order valence-electron chi connectivity index (χ0n) is 11.8. The number of nitriles is 1. The number of nitrogens with two attached hydrogens (primary N) is 2. The normalized spacial score (nSPS) is 9.58. The summed E-state index contributed by atoms with van der Waals surface area (Å²) in [5, 5.41) is 8.79. The van der Waals surface area contributed by atoms with Gasteiger partial charge in [0.05, 0.1) is 17.5 Å². The zero-order valence-corrected chi connectivity index (χ0v) is 11.8. The molecule has 3 nitrogen and oxygen atoms in total. The Balaban J connectivity index is 3.08. The van der Waals surface area contributed by atoms with Crippen molar-refractivity contribution in [1.82, 2.24) is 0 Å². The van der Waals surface area contributed by atoms with Gasteiger partial charge in [0.25, 0.3) is 0 Å². The molecule has 4 N–H and O–H groups in total. The van der Waals surface area contributed by atoms with Crippen molar-refractivity contribution in [2.75, 3.05) is 0 Å². The highest BCUT2D eigenvalue weighted by atomic mass is 14.8. The van der Waals surface area contributed by atoms with Crippen molar-refractivity contribution in [2.45, 2.75) is 33.6 Å². The van der Waals surface area contributed by atoms with Gasteiger partial charge in [-0.2, -0.15) is 5.26 Å². The molecule has 0 heterocycles. The van der Waals surface area contributed by atoms with Crippen LogP contribution in [0.4, 0.5) is 0 Å². The first-order chi connectivity index (χ1) is 8.99. The molecule has 0 atom stereocenters. The predicted octanol–water partition coefficient (Wildman–Crippen LogP) is 2.98. The van der Waals surface area contributed by atoms with E-state index in [0.29, 0.717) is 17.8 Å². The first kappa shape index (κ1) is 14.8. The maximum atomic E-state index is 8.79. The minimum Gasteiger partial charge on any atom is -0.385 e. The quantitative estimate of drug-likeness (QED) is 0.812. The fourth-order valence-electron chi connectivity index (χ4n) is 2.15. The molecule has 0 amide bonds. The van der Waals surface area contributed by atoms with Gasteiger partial charge in [0.2, 0.25) is 0 Å². The summed E-state index contributed by atoms with van der Waals surface area (Å²) >= 11 is 0. The summed E-state index contributed by atoms with van der Waals surface area (Å²) in [6.07, 6.45) is 1.61. The third-order valence-electron chi connectivity index (χ3n) is 3.13. The number of nitrogens with zero attached hydrogens (tertiary/aromatic N) is 1. The van der Waals surface area contributed by atoms with Crippen LogP contribution in [0.2, 0.25) is 0 Å². The molecule has 0 saturated carbocycles. The fraction of sp³-hybridized carbons (Fsp3) is 0.312. The average Bonchev–Trinajstić information content (AvgIpc) is 2.38. The molecule has 1 aromatic rings. The van der Waals surface area contributed by atoms with E-state index in [4.69, 9.17) is 16.7 Å². The molecule has 0 unspecified atom stereocenters. The Bertz CT molecular complexity index is 534. The fourth-order valence-corrected chi connectivity index (χ4v) is 2.15. The highest BCUT2D eigenvalue weighted by Crippen LogP contribution is 2.23. The summed E-state index contributed by atoms with van der Waals surface area (Å²) < 4.78 is 0. The summed E-state index contributed by atoms with van der Waals surface area (Å²) in [6.45, 7) is 6.24. The van der Waals surface area contributed by atoms with Crippen LogP contribution in [0.15, 0.2) is 46.8 Å². The van der Waals surface area contributed by atoms with Crippen molar-refractivity contribution in [3.63, 3.8) is 0 Å². The van der Waals surface area contributed by atoms with E-state index < -0.39 is 0 Å². The van der Waals surface area contributed by atoms with E-state index in [1.807, 2.05) is 24.3 Å². The first-order valence-electron chi connectivity index (χ1n) is 6.39. The Morgan fingerprint density at radius 3 is 2.05 bits per heavy atom. The highest BCUT2D eigenvalue weighted by Gasteiger charge is 2.10. The Morgan fingerprint density at radius 2 is 1.68 bits per heavy atom. The smallest absolute Gasteiger partial charge is 0.0991 e. The summed E-state index contributed by atoms with van der Waals surface area (Å²) in [7, 11) is 0. The van der Waals surface area contributed by atoms with Crippen molar-refractivity contribution in [1.29, 1.82) is 5.26 Å². The lowest BCUT2D eigenvalue weighted by Crippen LogP contribution is -2.15. The van der Waals surface area contributed by atoms with Crippen LogP contribution < -0.4 is 11.5 Å². The maximum absolute atomic E-state index is 8.79. The second-order valence-corrected chi connectivity index (χ2v) is 4.75. The van der Waals surface area contributed by atoms with Gasteiger partial charge in [-0.05, 0) is 49.1 Å². The van der Waals surface area contributed by atoms with Crippen molar-refractivity contribution in [3.8, 4) is 6.07 Å². The average molecular weight is 255 g/mol. The van der Waals surface area contributed by atoms with Gasteiger partial charge >= 0.3 is 0 Å². The number of hydrogen-bond donors (Lipinski definition) is 2. The van der Waals surface area contributed by atoms with Crippen LogP contribution >= 0.6 is 0 Å². The molecule has 0 aromatic heterocycles. The lowest BCUT2D eigenvalue weighted by molar-refractivity contribution is 0.975. The molecule has 0 fully saturated rings. The van der Waals surface area contributed by atoms with Gasteiger partial charge in [-0.15, -0.1) is 0 Å². The molecular weight excluding hydrogens is 234 g/mol. The van der Waals surface area contributed by atoms with E-state index in [9.17, 15) is 0 Å². The molecule has 0 radical (unpaired) electrons. The molecule has 3 heteroatoms. The van der Waals surface area contributed by atoms with Gasteiger partial charge in [-0.3, -0.25) is 0 Å². The second kappa shape index (κ2) is 6.65. The number of hydrogen-bond acceptors (Lipinski definition) is 3. The summed E-state index contributed by atoms with van der Waals surface area (Å²) in [4.78, 5) is 0. The molecular formula is C16H21N3. The van der Waals surface area contributed by atoms with E-state index in [-0.39, 0.29) is 0 Å². The highest BCUT2D eigenvalue weighted by molar-refractivity contribution is 5.41. The Morgan fingerprint density at radius 1 is 1.11 bits per heavy atom. The lowest BCUT2D eigenvalue weighted by atomic mass is 9.93. The molecule has 0 aliphatic heterocycles. The molecule has 0 aliphatic rings. The van der Waals surface area contributed by atoms with Crippen molar-refractivity contribution >= 4 is 0 Å². The zero-order chi connectivity index (χ0) is 14.4.